The van der Waals surface area contributed by atoms with Gasteiger partial charge in [0.05, 0.1) is 5.56 Å². The Morgan fingerprint density at radius 2 is 1.93 bits per heavy atom. The summed E-state index contributed by atoms with van der Waals surface area (Å²) in [5, 5.41) is 0. The lowest BCUT2D eigenvalue weighted by Gasteiger charge is -2.32. The molecule has 2 heterocycles. The van der Waals surface area contributed by atoms with Gasteiger partial charge >= 0.3 is 6.18 Å². The number of carbonyl (C=O) groups excluding carboxylic acids is 1. The monoisotopic (exact) mass is 391 g/mol. The molecule has 0 amide bonds. The fourth-order valence-electron chi connectivity index (χ4n) is 3.80. The number of rotatable bonds is 4. The van der Waals surface area contributed by atoms with Gasteiger partial charge in [0, 0.05) is 24.6 Å². The van der Waals surface area contributed by atoms with Crippen molar-refractivity contribution in [3.05, 3.63) is 59.2 Å². The summed E-state index contributed by atoms with van der Waals surface area (Å²) >= 11 is 0. The molecule has 2 aliphatic heterocycles. The first-order valence-corrected chi connectivity index (χ1v) is 9.22. The van der Waals surface area contributed by atoms with Gasteiger partial charge in [0.25, 0.3) is 0 Å². The van der Waals surface area contributed by atoms with E-state index < -0.39 is 11.7 Å². The van der Waals surface area contributed by atoms with E-state index in [4.69, 9.17) is 9.47 Å². The van der Waals surface area contributed by atoms with Crippen molar-refractivity contribution in [2.24, 2.45) is 5.92 Å². The number of benzene rings is 2. The van der Waals surface area contributed by atoms with Crippen molar-refractivity contribution in [2.45, 2.75) is 25.6 Å². The number of hydrogen-bond donors (Lipinski definition) is 0. The van der Waals surface area contributed by atoms with Crippen molar-refractivity contribution in [3.63, 3.8) is 0 Å². The largest absolute Gasteiger partial charge is 0.454 e. The minimum atomic E-state index is -4.35. The van der Waals surface area contributed by atoms with Crippen LogP contribution in [0.5, 0.6) is 11.5 Å². The van der Waals surface area contributed by atoms with Crippen molar-refractivity contribution in [1.82, 2.24) is 4.90 Å². The fraction of sp³-hybridized carbons (Fsp3) is 0.381. The highest BCUT2D eigenvalue weighted by molar-refractivity contribution is 5.98. The van der Waals surface area contributed by atoms with Crippen LogP contribution >= 0.6 is 0 Å². The Bertz CT molecular complexity index is 881. The van der Waals surface area contributed by atoms with E-state index in [1.807, 2.05) is 0 Å². The summed E-state index contributed by atoms with van der Waals surface area (Å²) in [5.74, 6) is 1.06. The summed E-state index contributed by atoms with van der Waals surface area (Å²) in [6.07, 6.45) is -2.75. The van der Waals surface area contributed by atoms with Crippen LogP contribution in [0.4, 0.5) is 13.2 Å². The number of ether oxygens (including phenoxy) is 2. The van der Waals surface area contributed by atoms with E-state index in [9.17, 15) is 18.0 Å². The van der Waals surface area contributed by atoms with Crippen molar-refractivity contribution in [1.29, 1.82) is 0 Å². The molecule has 1 saturated heterocycles. The lowest BCUT2D eigenvalue weighted by Crippen LogP contribution is -2.38. The number of Topliss-reactive ketones (excluding diaryl/α,β-unsaturated/α-hetero) is 1. The van der Waals surface area contributed by atoms with Gasteiger partial charge in [-0.05, 0) is 49.2 Å². The lowest BCUT2D eigenvalue weighted by atomic mass is 9.89. The zero-order valence-electron chi connectivity index (χ0n) is 15.2. The van der Waals surface area contributed by atoms with Crippen LogP contribution in [0.1, 0.15) is 34.3 Å². The number of likely N-dealkylation sites (tertiary alicyclic amines) is 1. The van der Waals surface area contributed by atoms with E-state index in [2.05, 4.69) is 4.90 Å². The molecule has 28 heavy (non-hydrogen) atoms. The van der Waals surface area contributed by atoms with Gasteiger partial charge in [-0.3, -0.25) is 9.69 Å². The molecule has 2 aliphatic rings. The smallest absolute Gasteiger partial charge is 0.416 e. The first-order chi connectivity index (χ1) is 13.4. The Kier molecular flexibility index (Phi) is 5.02. The van der Waals surface area contributed by atoms with Gasteiger partial charge in [-0.15, -0.1) is 0 Å². The van der Waals surface area contributed by atoms with Crippen LogP contribution in [0.15, 0.2) is 42.5 Å². The van der Waals surface area contributed by atoms with Crippen molar-refractivity contribution in [3.8, 4) is 11.5 Å². The molecule has 0 radical (unpaired) electrons. The van der Waals surface area contributed by atoms with E-state index in [0.29, 0.717) is 35.7 Å². The molecule has 0 N–H and O–H groups in total. The number of ketones is 1. The van der Waals surface area contributed by atoms with Crippen LogP contribution in [0, 0.1) is 5.92 Å². The standard InChI is InChI=1S/C21H20F3NO3/c22-21(23,24)17-5-1-3-14(9-17)11-25-8-2-4-16(12-25)20(26)15-6-7-18-19(10-15)28-13-27-18/h1,3,5-7,9-10,16H,2,4,8,11-13H2/t16-/m1/s1. The van der Waals surface area contributed by atoms with Crippen LogP contribution in [-0.2, 0) is 12.7 Å². The minimum Gasteiger partial charge on any atom is -0.454 e. The topological polar surface area (TPSA) is 38.8 Å². The van der Waals surface area contributed by atoms with Gasteiger partial charge in [-0.1, -0.05) is 18.2 Å². The number of hydrogen-bond acceptors (Lipinski definition) is 4. The molecular weight excluding hydrogens is 371 g/mol. The quantitative estimate of drug-likeness (QED) is 0.718. The van der Waals surface area contributed by atoms with E-state index in [1.54, 1.807) is 24.3 Å². The Hall–Kier alpha value is -2.54. The molecular formula is C21H20F3NO3. The Morgan fingerprint density at radius 3 is 2.75 bits per heavy atom. The second-order valence-corrected chi connectivity index (χ2v) is 7.20. The molecule has 2 aromatic rings. The van der Waals surface area contributed by atoms with Crippen LogP contribution in [-0.4, -0.2) is 30.6 Å². The maximum absolute atomic E-state index is 12.9. The molecule has 0 unspecified atom stereocenters. The molecule has 0 aliphatic carbocycles. The maximum atomic E-state index is 12.9. The number of fused-ring (bicyclic) bond motifs is 1. The molecule has 7 heteroatoms. The van der Waals surface area contributed by atoms with Gasteiger partial charge in [0.2, 0.25) is 6.79 Å². The van der Waals surface area contributed by atoms with E-state index in [1.165, 1.54) is 12.1 Å². The highest BCUT2D eigenvalue weighted by atomic mass is 19.4. The van der Waals surface area contributed by atoms with E-state index >= 15 is 0 Å². The van der Waals surface area contributed by atoms with Crippen LogP contribution in [0.3, 0.4) is 0 Å². The highest BCUT2D eigenvalue weighted by Gasteiger charge is 2.31. The second kappa shape index (κ2) is 7.47. The number of halogens is 3. The summed E-state index contributed by atoms with van der Waals surface area (Å²) in [6.45, 7) is 1.85. The first-order valence-electron chi connectivity index (χ1n) is 9.22. The second-order valence-electron chi connectivity index (χ2n) is 7.20. The molecule has 1 fully saturated rings. The Morgan fingerprint density at radius 1 is 1.11 bits per heavy atom. The fourth-order valence-corrected chi connectivity index (χ4v) is 3.80. The molecule has 0 bridgehead atoms. The third-order valence-electron chi connectivity index (χ3n) is 5.19. The molecule has 0 spiro atoms. The highest BCUT2D eigenvalue weighted by Crippen LogP contribution is 2.34. The Balaban J connectivity index is 1.44. The average Bonchev–Trinajstić information content (AvgIpc) is 3.15. The molecule has 4 rings (SSSR count). The molecule has 1 atom stereocenters. The van der Waals surface area contributed by atoms with Crippen LogP contribution in [0.2, 0.25) is 0 Å². The van der Waals surface area contributed by atoms with Crippen molar-refractivity contribution >= 4 is 5.78 Å². The summed E-state index contributed by atoms with van der Waals surface area (Å²) < 4.78 is 49.4. The predicted octanol–water partition coefficient (Wildman–Crippen LogP) is 4.53. The molecule has 4 nitrogen and oxygen atoms in total. The van der Waals surface area contributed by atoms with E-state index in [0.717, 1.165) is 25.5 Å². The van der Waals surface area contributed by atoms with Crippen molar-refractivity contribution < 1.29 is 27.4 Å². The predicted molar refractivity (Wildman–Crippen MR) is 96.3 cm³/mol. The number of piperidine rings is 1. The van der Waals surface area contributed by atoms with E-state index in [-0.39, 0.29) is 18.5 Å². The molecule has 0 aromatic heterocycles. The lowest BCUT2D eigenvalue weighted by molar-refractivity contribution is -0.137. The third kappa shape index (κ3) is 3.99. The zero-order chi connectivity index (χ0) is 19.7. The average molecular weight is 391 g/mol. The molecule has 0 saturated carbocycles. The van der Waals surface area contributed by atoms with Crippen molar-refractivity contribution in [2.75, 3.05) is 19.9 Å². The zero-order valence-corrected chi connectivity index (χ0v) is 15.2. The SMILES string of the molecule is O=C(c1ccc2c(c1)OCO2)[C@@H]1CCCN(Cc2cccc(C(F)(F)F)c2)C1. The van der Waals surface area contributed by atoms with Gasteiger partial charge in [0.15, 0.2) is 17.3 Å². The van der Waals surface area contributed by atoms with Gasteiger partial charge < -0.3 is 9.47 Å². The third-order valence-corrected chi connectivity index (χ3v) is 5.19. The van der Waals surface area contributed by atoms with Gasteiger partial charge in [-0.2, -0.15) is 13.2 Å². The van der Waals surface area contributed by atoms with Crippen LogP contribution in [0.25, 0.3) is 0 Å². The maximum Gasteiger partial charge on any atom is 0.416 e. The number of alkyl halides is 3. The Labute approximate surface area is 160 Å². The summed E-state index contributed by atoms with van der Waals surface area (Å²) in [5.41, 5.74) is 0.538. The van der Waals surface area contributed by atoms with Gasteiger partial charge in [0.1, 0.15) is 0 Å². The molecule has 2 aromatic carbocycles. The summed E-state index contributed by atoms with van der Waals surface area (Å²) in [6, 6.07) is 10.6. The van der Waals surface area contributed by atoms with Crippen LogP contribution < -0.4 is 9.47 Å². The normalized spacial score (nSPS) is 19.6. The summed E-state index contributed by atoms with van der Waals surface area (Å²) in [7, 11) is 0. The first kappa shape index (κ1) is 18.8. The number of carbonyl (C=O) groups is 1. The van der Waals surface area contributed by atoms with Gasteiger partial charge in [-0.25, -0.2) is 0 Å². The number of nitrogens with zero attached hydrogens (tertiary/aromatic N) is 1. The summed E-state index contributed by atoms with van der Waals surface area (Å²) in [4.78, 5) is 15.0. The molecule has 148 valence electrons. The minimum absolute atomic E-state index is 0.0343.